The van der Waals surface area contributed by atoms with Crippen molar-refractivity contribution in [2.24, 2.45) is 0 Å². The second-order valence-corrected chi connectivity index (χ2v) is 7.31. The van der Waals surface area contributed by atoms with E-state index in [1.165, 1.54) is 10.5 Å². The molecule has 0 radical (unpaired) electrons. The summed E-state index contributed by atoms with van der Waals surface area (Å²) >= 11 is 4.94. The predicted octanol–water partition coefficient (Wildman–Crippen LogP) is 4.08. The molecule has 1 N–H and O–H groups in total. The fourth-order valence-corrected chi connectivity index (χ4v) is 4.21. The van der Waals surface area contributed by atoms with Gasteiger partial charge in [0.15, 0.2) is 8.68 Å². The standard InChI is InChI=1S/C13H17N3S3/c1-4-11(14-2)9-5-7-10(8-6-9)18-13-16-15-12(17-3)19-13/h5-8,11,14H,4H2,1-3H3. The number of thioether (sulfide) groups is 1. The van der Waals surface area contributed by atoms with Gasteiger partial charge in [0, 0.05) is 10.9 Å². The lowest BCUT2D eigenvalue weighted by atomic mass is 10.1. The number of nitrogens with zero attached hydrogens (tertiary/aromatic N) is 2. The topological polar surface area (TPSA) is 37.8 Å². The molecule has 6 heteroatoms. The molecule has 0 saturated carbocycles. The highest BCUT2D eigenvalue weighted by molar-refractivity contribution is 8.03. The average molecular weight is 312 g/mol. The highest BCUT2D eigenvalue weighted by Gasteiger charge is 2.08. The van der Waals surface area contributed by atoms with E-state index in [9.17, 15) is 0 Å². The average Bonchev–Trinajstić information content (AvgIpc) is 2.90. The zero-order chi connectivity index (χ0) is 13.7. The van der Waals surface area contributed by atoms with Gasteiger partial charge in [-0.05, 0) is 37.4 Å². The van der Waals surface area contributed by atoms with Crippen molar-refractivity contribution in [2.75, 3.05) is 13.3 Å². The van der Waals surface area contributed by atoms with Gasteiger partial charge in [0.05, 0.1) is 0 Å². The first kappa shape index (κ1) is 14.8. The number of benzene rings is 1. The lowest BCUT2D eigenvalue weighted by molar-refractivity contribution is 0.576. The lowest BCUT2D eigenvalue weighted by Gasteiger charge is -2.14. The molecular weight excluding hydrogens is 294 g/mol. The Kier molecular flexibility index (Phi) is 5.69. The maximum atomic E-state index is 4.17. The van der Waals surface area contributed by atoms with Gasteiger partial charge in [0.1, 0.15) is 0 Å². The molecule has 102 valence electrons. The minimum absolute atomic E-state index is 0.434. The maximum absolute atomic E-state index is 4.17. The van der Waals surface area contributed by atoms with Crippen LogP contribution in [0.25, 0.3) is 0 Å². The van der Waals surface area contributed by atoms with Gasteiger partial charge in [-0.2, -0.15) is 0 Å². The predicted molar refractivity (Wildman–Crippen MR) is 84.3 cm³/mol. The molecule has 0 amide bonds. The van der Waals surface area contributed by atoms with E-state index in [2.05, 4.69) is 46.7 Å². The fourth-order valence-electron chi connectivity index (χ4n) is 1.80. The van der Waals surface area contributed by atoms with Gasteiger partial charge < -0.3 is 5.32 Å². The Hall–Kier alpha value is -0.560. The molecule has 0 bridgehead atoms. The molecule has 0 saturated heterocycles. The van der Waals surface area contributed by atoms with Crippen molar-refractivity contribution >= 4 is 34.9 Å². The number of hydrogen-bond donors (Lipinski definition) is 1. The third-order valence-corrected chi connectivity index (χ3v) is 5.76. The van der Waals surface area contributed by atoms with E-state index in [1.807, 2.05) is 13.3 Å². The molecule has 1 atom stereocenters. The third kappa shape index (κ3) is 3.95. The van der Waals surface area contributed by atoms with Crippen molar-refractivity contribution in [3.63, 3.8) is 0 Å². The van der Waals surface area contributed by atoms with Crippen LogP contribution in [-0.4, -0.2) is 23.5 Å². The van der Waals surface area contributed by atoms with Gasteiger partial charge in [0.2, 0.25) is 0 Å². The number of rotatable bonds is 6. The smallest absolute Gasteiger partial charge is 0.179 e. The van der Waals surface area contributed by atoms with Crippen LogP contribution in [0.15, 0.2) is 37.8 Å². The number of nitrogens with one attached hydrogen (secondary N) is 1. The summed E-state index contributed by atoms with van der Waals surface area (Å²) in [6.07, 6.45) is 3.11. The molecule has 2 aromatic rings. The van der Waals surface area contributed by atoms with Crippen molar-refractivity contribution in [1.82, 2.24) is 15.5 Å². The molecule has 0 spiro atoms. The molecule has 1 unspecified atom stereocenters. The molecule has 1 heterocycles. The van der Waals surface area contributed by atoms with Crippen LogP contribution in [0.2, 0.25) is 0 Å². The van der Waals surface area contributed by atoms with Crippen LogP contribution in [0.5, 0.6) is 0 Å². The summed E-state index contributed by atoms with van der Waals surface area (Å²) in [4.78, 5) is 1.21. The van der Waals surface area contributed by atoms with E-state index in [1.54, 1.807) is 34.9 Å². The summed E-state index contributed by atoms with van der Waals surface area (Å²) in [5, 5.41) is 11.6. The van der Waals surface area contributed by atoms with E-state index >= 15 is 0 Å². The summed E-state index contributed by atoms with van der Waals surface area (Å²) in [5.41, 5.74) is 1.33. The highest BCUT2D eigenvalue weighted by atomic mass is 32.2. The van der Waals surface area contributed by atoms with E-state index in [-0.39, 0.29) is 0 Å². The first-order valence-corrected chi connectivity index (χ1v) is 8.95. The second kappa shape index (κ2) is 7.28. The largest absolute Gasteiger partial charge is 0.313 e. The highest BCUT2D eigenvalue weighted by Crippen LogP contribution is 2.33. The Labute approximate surface area is 126 Å². The molecule has 0 aliphatic heterocycles. The van der Waals surface area contributed by atoms with Crippen molar-refractivity contribution in [3.05, 3.63) is 29.8 Å². The van der Waals surface area contributed by atoms with Gasteiger partial charge >= 0.3 is 0 Å². The third-order valence-electron chi connectivity index (χ3n) is 2.81. The van der Waals surface area contributed by atoms with E-state index < -0.39 is 0 Å². The monoisotopic (exact) mass is 311 g/mol. The van der Waals surface area contributed by atoms with Crippen LogP contribution in [0.1, 0.15) is 24.9 Å². The molecule has 2 rings (SSSR count). The van der Waals surface area contributed by atoms with Crippen LogP contribution in [-0.2, 0) is 0 Å². The molecule has 19 heavy (non-hydrogen) atoms. The molecule has 3 nitrogen and oxygen atoms in total. The van der Waals surface area contributed by atoms with E-state index in [4.69, 9.17) is 0 Å². The first-order chi connectivity index (χ1) is 9.26. The molecule has 0 aliphatic rings. The van der Waals surface area contributed by atoms with Crippen molar-refractivity contribution < 1.29 is 0 Å². The molecule has 1 aromatic carbocycles. The first-order valence-electron chi connectivity index (χ1n) is 6.09. The minimum atomic E-state index is 0.434. The molecule has 0 aliphatic carbocycles. The summed E-state index contributed by atoms with van der Waals surface area (Å²) in [7, 11) is 2.00. The maximum Gasteiger partial charge on any atom is 0.179 e. The summed E-state index contributed by atoms with van der Waals surface area (Å²) < 4.78 is 2.01. The molecular formula is C13H17N3S3. The van der Waals surface area contributed by atoms with Gasteiger partial charge in [-0.15, -0.1) is 10.2 Å². The second-order valence-electron chi connectivity index (χ2n) is 3.96. The molecule has 1 aromatic heterocycles. The normalized spacial score (nSPS) is 12.6. The quantitative estimate of drug-likeness (QED) is 0.814. The molecule has 0 fully saturated rings. The Bertz CT molecular complexity index is 506. The Morgan fingerprint density at radius 2 is 1.89 bits per heavy atom. The van der Waals surface area contributed by atoms with Crippen LogP contribution >= 0.6 is 34.9 Å². The van der Waals surface area contributed by atoms with Crippen molar-refractivity contribution in [2.45, 2.75) is 33.0 Å². The van der Waals surface area contributed by atoms with Gasteiger partial charge in [-0.25, -0.2) is 0 Å². The van der Waals surface area contributed by atoms with Crippen LogP contribution in [0, 0.1) is 0 Å². The van der Waals surface area contributed by atoms with Gasteiger partial charge in [0.25, 0.3) is 0 Å². The van der Waals surface area contributed by atoms with Crippen LogP contribution < -0.4 is 5.32 Å². The van der Waals surface area contributed by atoms with Crippen LogP contribution in [0.4, 0.5) is 0 Å². The van der Waals surface area contributed by atoms with Crippen molar-refractivity contribution in [1.29, 1.82) is 0 Å². The van der Waals surface area contributed by atoms with E-state index in [0.29, 0.717) is 6.04 Å². The zero-order valence-electron chi connectivity index (χ0n) is 11.2. The Morgan fingerprint density at radius 3 is 2.42 bits per heavy atom. The zero-order valence-corrected chi connectivity index (χ0v) is 13.7. The lowest BCUT2D eigenvalue weighted by Crippen LogP contribution is -2.14. The van der Waals surface area contributed by atoms with Gasteiger partial charge in [-0.3, -0.25) is 0 Å². The Morgan fingerprint density at radius 1 is 1.21 bits per heavy atom. The minimum Gasteiger partial charge on any atom is -0.313 e. The van der Waals surface area contributed by atoms with Crippen LogP contribution in [0.3, 0.4) is 0 Å². The number of aromatic nitrogens is 2. The number of hydrogen-bond acceptors (Lipinski definition) is 6. The summed E-state index contributed by atoms with van der Waals surface area (Å²) in [5.74, 6) is 0. The van der Waals surface area contributed by atoms with Crippen molar-refractivity contribution in [3.8, 4) is 0 Å². The SMILES string of the molecule is CCC(NC)c1ccc(Sc2nnc(SC)s2)cc1. The van der Waals surface area contributed by atoms with E-state index in [0.717, 1.165) is 15.1 Å². The summed E-state index contributed by atoms with van der Waals surface area (Å²) in [6.45, 7) is 2.19. The van der Waals surface area contributed by atoms with Gasteiger partial charge in [-0.1, -0.05) is 53.9 Å². The Balaban J connectivity index is 2.06. The summed E-state index contributed by atoms with van der Waals surface area (Å²) in [6, 6.07) is 9.11. The fraction of sp³-hybridized carbons (Fsp3) is 0.385.